The van der Waals surface area contributed by atoms with Crippen LogP contribution in [-0.4, -0.2) is 23.9 Å². The van der Waals surface area contributed by atoms with Crippen LogP contribution in [0.4, 0.5) is 0 Å². The van der Waals surface area contributed by atoms with Crippen LogP contribution in [0.2, 0.25) is 0 Å². The first-order valence-electron chi connectivity index (χ1n) is 5.54. The summed E-state index contributed by atoms with van der Waals surface area (Å²) >= 11 is 7.27. The van der Waals surface area contributed by atoms with Crippen LogP contribution >= 0.6 is 31.9 Å². The third-order valence-corrected chi connectivity index (χ3v) is 4.97. The lowest BCUT2D eigenvalue weighted by Gasteiger charge is -2.30. The molecule has 0 amide bonds. The van der Waals surface area contributed by atoms with Crippen molar-refractivity contribution in [2.24, 2.45) is 0 Å². The minimum Gasteiger partial charge on any atom is -0.382 e. The standard InChI is InChI=1S/C13H18Br2O/c1-2-16-9-8-13(10-14,11-15)12-6-4-3-5-7-12/h3-7H,2,8-11H2,1H3. The van der Waals surface area contributed by atoms with Crippen LogP contribution in [0.25, 0.3) is 0 Å². The molecule has 0 saturated carbocycles. The fraction of sp³-hybridized carbons (Fsp3) is 0.538. The second kappa shape index (κ2) is 7.46. The van der Waals surface area contributed by atoms with Crippen molar-refractivity contribution in [3.8, 4) is 0 Å². The fourth-order valence-electron chi connectivity index (χ4n) is 1.67. The zero-order valence-corrected chi connectivity index (χ0v) is 12.8. The van der Waals surface area contributed by atoms with E-state index in [1.54, 1.807) is 0 Å². The third kappa shape index (κ3) is 3.57. The van der Waals surface area contributed by atoms with Gasteiger partial charge in [0.05, 0.1) is 0 Å². The van der Waals surface area contributed by atoms with Crippen molar-refractivity contribution in [1.82, 2.24) is 0 Å². The van der Waals surface area contributed by atoms with Gasteiger partial charge in [-0.25, -0.2) is 0 Å². The molecule has 0 bridgehead atoms. The molecule has 1 aromatic carbocycles. The number of rotatable bonds is 7. The average Bonchev–Trinajstić information content (AvgIpc) is 2.36. The molecule has 0 radical (unpaired) electrons. The number of alkyl halides is 2. The summed E-state index contributed by atoms with van der Waals surface area (Å²) < 4.78 is 5.47. The van der Waals surface area contributed by atoms with E-state index in [2.05, 4.69) is 62.2 Å². The van der Waals surface area contributed by atoms with E-state index < -0.39 is 0 Å². The molecule has 1 nitrogen and oxygen atoms in total. The van der Waals surface area contributed by atoms with Crippen LogP contribution in [0.5, 0.6) is 0 Å². The number of halogens is 2. The summed E-state index contributed by atoms with van der Waals surface area (Å²) in [5.41, 5.74) is 1.50. The normalized spacial score (nSPS) is 11.7. The first-order valence-corrected chi connectivity index (χ1v) is 7.78. The zero-order valence-electron chi connectivity index (χ0n) is 9.59. The maximum absolute atomic E-state index is 5.47. The second-order valence-electron chi connectivity index (χ2n) is 3.86. The average molecular weight is 350 g/mol. The Labute approximate surface area is 115 Å². The van der Waals surface area contributed by atoms with Crippen molar-refractivity contribution < 1.29 is 4.74 Å². The Kier molecular flexibility index (Phi) is 6.62. The summed E-state index contributed by atoms with van der Waals surface area (Å²) in [5, 5.41) is 1.89. The van der Waals surface area contributed by atoms with Gasteiger partial charge in [0.2, 0.25) is 0 Å². The fourth-order valence-corrected chi connectivity index (χ4v) is 3.81. The predicted octanol–water partition coefficient (Wildman–Crippen LogP) is 4.14. The summed E-state index contributed by atoms with van der Waals surface area (Å²) in [5.74, 6) is 0. The monoisotopic (exact) mass is 348 g/mol. The van der Waals surface area contributed by atoms with Gasteiger partial charge in [-0.05, 0) is 18.9 Å². The van der Waals surface area contributed by atoms with E-state index in [-0.39, 0.29) is 5.41 Å². The maximum Gasteiger partial charge on any atom is 0.0474 e. The number of benzene rings is 1. The molecule has 0 aliphatic heterocycles. The van der Waals surface area contributed by atoms with E-state index in [9.17, 15) is 0 Å². The number of ether oxygens (including phenoxy) is 1. The topological polar surface area (TPSA) is 9.23 Å². The van der Waals surface area contributed by atoms with Gasteiger partial charge in [-0.15, -0.1) is 0 Å². The first-order chi connectivity index (χ1) is 7.79. The van der Waals surface area contributed by atoms with Gasteiger partial charge in [0, 0.05) is 29.3 Å². The Hall–Kier alpha value is 0.140. The van der Waals surface area contributed by atoms with Crippen LogP contribution in [0.3, 0.4) is 0 Å². The molecular formula is C13H18Br2O. The molecule has 1 aromatic rings. The van der Waals surface area contributed by atoms with Crippen LogP contribution in [0.1, 0.15) is 18.9 Å². The number of hydrogen-bond acceptors (Lipinski definition) is 1. The van der Waals surface area contributed by atoms with Crippen LogP contribution < -0.4 is 0 Å². The Morgan fingerprint density at radius 2 is 1.75 bits per heavy atom. The molecule has 16 heavy (non-hydrogen) atoms. The highest BCUT2D eigenvalue weighted by Gasteiger charge is 2.29. The summed E-state index contributed by atoms with van der Waals surface area (Å²) in [4.78, 5) is 0. The molecule has 0 N–H and O–H groups in total. The van der Waals surface area contributed by atoms with E-state index in [1.807, 2.05) is 6.92 Å². The van der Waals surface area contributed by atoms with Gasteiger partial charge in [0.15, 0.2) is 0 Å². The third-order valence-electron chi connectivity index (χ3n) is 2.83. The second-order valence-corrected chi connectivity index (χ2v) is 4.98. The highest BCUT2D eigenvalue weighted by molar-refractivity contribution is 9.09. The van der Waals surface area contributed by atoms with Crippen molar-refractivity contribution in [2.45, 2.75) is 18.8 Å². The molecular weight excluding hydrogens is 332 g/mol. The minimum absolute atomic E-state index is 0.135. The SMILES string of the molecule is CCOCCC(CBr)(CBr)c1ccccc1. The molecule has 0 aromatic heterocycles. The lowest BCUT2D eigenvalue weighted by Crippen LogP contribution is -2.31. The summed E-state index contributed by atoms with van der Waals surface area (Å²) in [6.45, 7) is 3.63. The van der Waals surface area contributed by atoms with Gasteiger partial charge in [-0.1, -0.05) is 62.2 Å². The predicted molar refractivity (Wildman–Crippen MR) is 76.8 cm³/mol. The highest BCUT2D eigenvalue weighted by atomic mass is 79.9. The summed E-state index contributed by atoms with van der Waals surface area (Å²) in [6, 6.07) is 10.6. The molecule has 0 fully saturated rings. The smallest absolute Gasteiger partial charge is 0.0474 e. The molecule has 0 unspecified atom stereocenters. The summed E-state index contributed by atoms with van der Waals surface area (Å²) in [7, 11) is 0. The lowest BCUT2D eigenvalue weighted by molar-refractivity contribution is 0.131. The van der Waals surface area contributed by atoms with Gasteiger partial charge in [-0.3, -0.25) is 0 Å². The quantitative estimate of drug-likeness (QED) is 0.531. The Morgan fingerprint density at radius 1 is 1.12 bits per heavy atom. The van der Waals surface area contributed by atoms with E-state index in [0.717, 1.165) is 30.3 Å². The lowest BCUT2D eigenvalue weighted by atomic mass is 9.82. The van der Waals surface area contributed by atoms with Crippen molar-refractivity contribution in [2.75, 3.05) is 23.9 Å². The van der Waals surface area contributed by atoms with E-state index in [1.165, 1.54) is 5.56 Å². The Bertz CT molecular complexity index is 283. The van der Waals surface area contributed by atoms with Crippen molar-refractivity contribution in [3.05, 3.63) is 35.9 Å². The van der Waals surface area contributed by atoms with Gasteiger partial charge in [0.1, 0.15) is 0 Å². The van der Waals surface area contributed by atoms with Gasteiger partial charge in [0.25, 0.3) is 0 Å². The molecule has 0 saturated heterocycles. The summed E-state index contributed by atoms with van der Waals surface area (Å²) in [6.07, 6.45) is 1.03. The minimum atomic E-state index is 0.135. The Morgan fingerprint density at radius 3 is 2.25 bits per heavy atom. The first kappa shape index (κ1) is 14.2. The number of hydrogen-bond donors (Lipinski definition) is 0. The van der Waals surface area contributed by atoms with Crippen LogP contribution in [0, 0.1) is 0 Å². The Balaban J connectivity index is 2.79. The van der Waals surface area contributed by atoms with Gasteiger partial charge in [-0.2, -0.15) is 0 Å². The van der Waals surface area contributed by atoms with E-state index in [0.29, 0.717) is 0 Å². The largest absolute Gasteiger partial charge is 0.382 e. The van der Waals surface area contributed by atoms with Crippen LogP contribution in [-0.2, 0) is 10.2 Å². The molecule has 0 spiro atoms. The van der Waals surface area contributed by atoms with Crippen molar-refractivity contribution in [1.29, 1.82) is 0 Å². The molecule has 0 aliphatic carbocycles. The highest BCUT2D eigenvalue weighted by Crippen LogP contribution is 2.32. The zero-order chi connectivity index (χ0) is 11.9. The molecule has 3 heteroatoms. The van der Waals surface area contributed by atoms with E-state index >= 15 is 0 Å². The van der Waals surface area contributed by atoms with Gasteiger partial charge < -0.3 is 4.74 Å². The maximum atomic E-state index is 5.47. The van der Waals surface area contributed by atoms with E-state index in [4.69, 9.17) is 4.74 Å². The van der Waals surface area contributed by atoms with Crippen LogP contribution in [0.15, 0.2) is 30.3 Å². The molecule has 90 valence electrons. The molecule has 1 rings (SSSR count). The van der Waals surface area contributed by atoms with Crippen molar-refractivity contribution >= 4 is 31.9 Å². The van der Waals surface area contributed by atoms with Gasteiger partial charge >= 0.3 is 0 Å². The molecule has 0 heterocycles. The molecule has 0 aliphatic rings. The molecule has 0 atom stereocenters. The van der Waals surface area contributed by atoms with Crippen molar-refractivity contribution in [3.63, 3.8) is 0 Å².